The topological polar surface area (TPSA) is 70.2 Å². The summed E-state index contributed by atoms with van der Waals surface area (Å²) in [5.74, 6) is 0.975. The second kappa shape index (κ2) is 8.60. The second-order valence-corrected chi connectivity index (χ2v) is 6.79. The number of likely N-dealkylation sites (N-methyl/N-ethyl adjacent to an activating group) is 1. The highest BCUT2D eigenvalue weighted by Crippen LogP contribution is 2.31. The number of nitrogens with zero attached hydrogens (tertiary/aromatic N) is 3. The number of hydrogen-bond donors (Lipinski definition) is 2. The summed E-state index contributed by atoms with van der Waals surface area (Å²) < 4.78 is 0. The van der Waals surface area contributed by atoms with Crippen LogP contribution < -0.4 is 15.5 Å². The van der Waals surface area contributed by atoms with Gasteiger partial charge < -0.3 is 15.5 Å². The van der Waals surface area contributed by atoms with E-state index in [1.54, 1.807) is 17.7 Å². The molecule has 3 rings (SSSR count). The molecule has 1 unspecified atom stereocenters. The van der Waals surface area contributed by atoms with Crippen molar-refractivity contribution in [3.05, 3.63) is 17.8 Å². The third kappa shape index (κ3) is 3.96. The van der Waals surface area contributed by atoms with Crippen molar-refractivity contribution in [2.24, 2.45) is 0 Å². The average molecular weight is 370 g/mol. The van der Waals surface area contributed by atoms with Crippen molar-refractivity contribution in [1.82, 2.24) is 20.6 Å². The van der Waals surface area contributed by atoms with Gasteiger partial charge in [0.1, 0.15) is 23.0 Å². The molecule has 0 bridgehead atoms. The average Bonchev–Trinajstić information content (AvgIpc) is 3.21. The standard InChI is InChI=1S/C16H23N5OS.ClH/c1-3-17-11(2)9-18-15(22)13-5-4-7-21(13)14-12-6-8-23-16(12)20-10-19-14;/h6,8,10-11,13,17H,3-5,7,9H2,1-2H3,(H,18,22);1H/t11-,13?;/m1./s1. The smallest absolute Gasteiger partial charge is 0.242 e. The zero-order chi connectivity index (χ0) is 16.2. The minimum Gasteiger partial charge on any atom is -0.353 e. The van der Waals surface area contributed by atoms with Gasteiger partial charge in [-0.3, -0.25) is 4.79 Å². The molecule has 1 amide bonds. The van der Waals surface area contributed by atoms with E-state index in [4.69, 9.17) is 0 Å². The summed E-state index contributed by atoms with van der Waals surface area (Å²) in [6, 6.07) is 2.18. The Morgan fingerprint density at radius 3 is 3.12 bits per heavy atom. The lowest BCUT2D eigenvalue weighted by atomic mass is 10.2. The molecule has 132 valence electrons. The van der Waals surface area contributed by atoms with E-state index in [1.807, 2.05) is 11.4 Å². The summed E-state index contributed by atoms with van der Waals surface area (Å²) in [6.07, 6.45) is 3.47. The van der Waals surface area contributed by atoms with Crippen LogP contribution in [0.3, 0.4) is 0 Å². The van der Waals surface area contributed by atoms with Crippen LogP contribution in [0.15, 0.2) is 17.8 Å². The molecule has 0 radical (unpaired) electrons. The summed E-state index contributed by atoms with van der Waals surface area (Å²) in [7, 11) is 0. The number of aromatic nitrogens is 2. The normalized spacial score (nSPS) is 18.4. The highest BCUT2D eigenvalue weighted by atomic mass is 35.5. The lowest BCUT2D eigenvalue weighted by molar-refractivity contribution is -0.122. The first-order valence-corrected chi connectivity index (χ1v) is 9.04. The Balaban J connectivity index is 0.00000208. The Kier molecular flexibility index (Phi) is 6.77. The Morgan fingerprint density at radius 2 is 2.33 bits per heavy atom. The van der Waals surface area contributed by atoms with Gasteiger partial charge in [0.2, 0.25) is 5.91 Å². The molecule has 2 N–H and O–H groups in total. The number of fused-ring (bicyclic) bond motifs is 1. The quantitative estimate of drug-likeness (QED) is 0.816. The van der Waals surface area contributed by atoms with E-state index in [1.165, 1.54) is 0 Å². The van der Waals surface area contributed by atoms with Crippen LogP contribution in [0, 0.1) is 0 Å². The summed E-state index contributed by atoms with van der Waals surface area (Å²) in [5.41, 5.74) is 0. The number of hydrogen-bond acceptors (Lipinski definition) is 6. The maximum absolute atomic E-state index is 12.6. The minimum atomic E-state index is -0.137. The van der Waals surface area contributed by atoms with Crippen molar-refractivity contribution in [1.29, 1.82) is 0 Å². The Bertz CT molecular complexity index is 679. The number of nitrogens with one attached hydrogen (secondary N) is 2. The van der Waals surface area contributed by atoms with Crippen molar-refractivity contribution in [3.63, 3.8) is 0 Å². The predicted molar refractivity (Wildman–Crippen MR) is 101 cm³/mol. The van der Waals surface area contributed by atoms with Crippen LogP contribution in [-0.2, 0) is 4.79 Å². The molecular formula is C16H24ClN5OS. The van der Waals surface area contributed by atoms with E-state index < -0.39 is 0 Å². The van der Waals surface area contributed by atoms with Crippen LogP contribution >= 0.6 is 23.7 Å². The molecule has 2 atom stereocenters. The SMILES string of the molecule is CCN[C@H](C)CNC(=O)C1CCCN1c1ncnc2sccc12.Cl. The van der Waals surface area contributed by atoms with E-state index in [0.29, 0.717) is 6.54 Å². The molecule has 0 spiro atoms. The molecule has 0 saturated carbocycles. The number of rotatable bonds is 6. The molecule has 0 aromatic carbocycles. The highest BCUT2D eigenvalue weighted by molar-refractivity contribution is 7.16. The zero-order valence-electron chi connectivity index (χ0n) is 14.0. The molecule has 2 aromatic rings. The van der Waals surface area contributed by atoms with Crippen LogP contribution in [0.5, 0.6) is 0 Å². The van der Waals surface area contributed by atoms with E-state index in [0.717, 1.165) is 42.0 Å². The van der Waals surface area contributed by atoms with Gasteiger partial charge in [-0.25, -0.2) is 9.97 Å². The van der Waals surface area contributed by atoms with Crippen molar-refractivity contribution in [3.8, 4) is 0 Å². The Labute approximate surface area is 152 Å². The number of halogens is 1. The highest BCUT2D eigenvalue weighted by Gasteiger charge is 2.32. The van der Waals surface area contributed by atoms with Crippen molar-refractivity contribution in [2.45, 2.75) is 38.8 Å². The van der Waals surface area contributed by atoms with Crippen LogP contribution in [0.25, 0.3) is 10.2 Å². The summed E-state index contributed by atoms with van der Waals surface area (Å²) >= 11 is 1.60. The number of amides is 1. The van der Waals surface area contributed by atoms with Gasteiger partial charge in [-0.2, -0.15) is 0 Å². The summed E-state index contributed by atoms with van der Waals surface area (Å²) in [4.78, 5) is 24.4. The molecule has 8 heteroatoms. The van der Waals surface area contributed by atoms with E-state index in [-0.39, 0.29) is 30.4 Å². The van der Waals surface area contributed by atoms with Gasteiger partial charge in [-0.05, 0) is 37.8 Å². The molecule has 1 fully saturated rings. The van der Waals surface area contributed by atoms with Gasteiger partial charge in [0.15, 0.2) is 0 Å². The first-order valence-electron chi connectivity index (χ1n) is 8.16. The lowest BCUT2D eigenvalue weighted by Crippen LogP contribution is -2.47. The van der Waals surface area contributed by atoms with Crippen LogP contribution in [0.1, 0.15) is 26.7 Å². The monoisotopic (exact) mass is 369 g/mol. The Hall–Kier alpha value is -1.44. The number of thiophene rings is 1. The van der Waals surface area contributed by atoms with E-state index in [2.05, 4.69) is 39.3 Å². The van der Waals surface area contributed by atoms with Crippen LogP contribution in [-0.4, -0.2) is 47.6 Å². The molecular weight excluding hydrogens is 346 g/mol. The molecule has 6 nitrogen and oxygen atoms in total. The molecule has 1 aliphatic heterocycles. The fraction of sp³-hybridized carbons (Fsp3) is 0.562. The van der Waals surface area contributed by atoms with Gasteiger partial charge in [0.25, 0.3) is 0 Å². The maximum Gasteiger partial charge on any atom is 0.242 e. The van der Waals surface area contributed by atoms with E-state index in [9.17, 15) is 4.79 Å². The van der Waals surface area contributed by atoms with Crippen molar-refractivity contribution < 1.29 is 4.79 Å². The van der Waals surface area contributed by atoms with Crippen molar-refractivity contribution >= 4 is 45.7 Å². The van der Waals surface area contributed by atoms with Gasteiger partial charge in [0.05, 0.1) is 5.39 Å². The number of carbonyl (C=O) groups is 1. The van der Waals surface area contributed by atoms with Gasteiger partial charge in [0, 0.05) is 19.1 Å². The summed E-state index contributed by atoms with van der Waals surface area (Å²) in [5, 5.41) is 9.43. The molecule has 1 saturated heterocycles. The van der Waals surface area contributed by atoms with E-state index >= 15 is 0 Å². The minimum absolute atomic E-state index is 0. The Morgan fingerprint density at radius 1 is 1.50 bits per heavy atom. The molecule has 3 heterocycles. The van der Waals surface area contributed by atoms with Crippen LogP contribution in [0.4, 0.5) is 5.82 Å². The van der Waals surface area contributed by atoms with Gasteiger partial charge in [-0.15, -0.1) is 23.7 Å². The first kappa shape index (κ1) is 18.9. The zero-order valence-corrected chi connectivity index (χ0v) is 15.6. The first-order chi connectivity index (χ1) is 11.2. The number of carbonyl (C=O) groups excluding carboxylic acids is 1. The summed E-state index contributed by atoms with van der Waals surface area (Å²) in [6.45, 7) is 6.56. The molecule has 24 heavy (non-hydrogen) atoms. The predicted octanol–water partition coefficient (Wildman–Crippen LogP) is 2.20. The maximum atomic E-state index is 12.6. The fourth-order valence-electron chi connectivity index (χ4n) is 3.09. The molecule has 0 aliphatic carbocycles. The number of anilines is 1. The fourth-order valence-corrected chi connectivity index (χ4v) is 3.82. The molecule has 2 aromatic heterocycles. The third-order valence-electron chi connectivity index (χ3n) is 4.20. The molecule has 1 aliphatic rings. The largest absolute Gasteiger partial charge is 0.353 e. The second-order valence-electron chi connectivity index (χ2n) is 5.89. The van der Waals surface area contributed by atoms with Crippen molar-refractivity contribution in [2.75, 3.05) is 24.5 Å². The van der Waals surface area contributed by atoms with Crippen LogP contribution in [0.2, 0.25) is 0 Å². The third-order valence-corrected chi connectivity index (χ3v) is 5.02. The van der Waals surface area contributed by atoms with Gasteiger partial charge in [-0.1, -0.05) is 6.92 Å². The lowest BCUT2D eigenvalue weighted by Gasteiger charge is -2.26. The van der Waals surface area contributed by atoms with Gasteiger partial charge >= 0.3 is 0 Å².